The molecule has 130 valence electrons. The molecule has 0 aliphatic rings. The fourth-order valence-corrected chi connectivity index (χ4v) is 2.43. The maximum Gasteiger partial charge on any atom is 0.166 e. The van der Waals surface area contributed by atoms with Crippen LogP contribution in [-0.2, 0) is 13.1 Å². The molecule has 0 saturated carbocycles. The van der Waals surface area contributed by atoms with Gasteiger partial charge >= 0.3 is 0 Å². The molecule has 0 aliphatic carbocycles. The van der Waals surface area contributed by atoms with Gasteiger partial charge in [-0.15, -0.1) is 0 Å². The van der Waals surface area contributed by atoms with E-state index in [1.165, 1.54) is 0 Å². The monoisotopic (exact) mass is 330 g/mol. The van der Waals surface area contributed by atoms with Crippen molar-refractivity contribution in [2.75, 3.05) is 13.7 Å². The maximum atomic E-state index is 5.89. The van der Waals surface area contributed by atoms with Crippen molar-refractivity contribution >= 4 is 0 Å². The molecule has 0 bridgehead atoms. The highest BCUT2D eigenvalue weighted by molar-refractivity contribution is 5.46. The third-order valence-corrected chi connectivity index (χ3v) is 3.67. The number of benzene rings is 1. The lowest BCUT2D eigenvalue weighted by atomic mass is 10.1. The van der Waals surface area contributed by atoms with Crippen LogP contribution in [0.4, 0.5) is 0 Å². The van der Waals surface area contributed by atoms with E-state index in [0.717, 1.165) is 35.0 Å². The van der Waals surface area contributed by atoms with Gasteiger partial charge in [0.2, 0.25) is 0 Å². The largest absolute Gasteiger partial charge is 0.493 e. The van der Waals surface area contributed by atoms with Crippen molar-refractivity contribution in [3.8, 4) is 11.5 Å². The lowest BCUT2D eigenvalue weighted by Gasteiger charge is -2.18. The Hall–Kier alpha value is -2.34. The average Bonchev–Trinajstić information content (AvgIpc) is 3.06. The first-order valence-electron chi connectivity index (χ1n) is 8.11. The third kappa shape index (κ3) is 4.35. The molecule has 1 aromatic heterocycles. The van der Waals surface area contributed by atoms with Gasteiger partial charge in [-0.25, -0.2) is 9.67 Å². The predicted octanol–water partition coefficient (Wildman–Crippen LogP) is 3.11. The predicted molar refractivity (Wildman–Crippen MR) is 94.3 cm³/mol. The summed E-state index contributed by atoms with van der Waals surface area (Å²) in [6.07, 6.45) is 1.59. The van der Waals surface area contributed by atoms with Crippen LogP contribution in [0.3, 0.4) is 0 Å². The molecule has 6 heteroatoms. The summed E-state index contributed by atoms with van der Waals surface area (Å²) in [4.78, 5) is 4.34. The molecule has 2 aromatic rings. The zero-order valence-corrected chi connectivity index (χ0v) is 14.9. The second-order valence-corrected chi connectivity index (χ2v) is 5.73. The highest BCUT2D eigenvalue weighted by Crippen LogP contribution is 2.31. The molecule has 0 fully saturated rings. The number of nitrogens with one attached hydrogen (secondary N) is 1. The van der Waals surface area contributed by atoms with E-state index in [2.05, 4.69) is 35.8 Å². The summed E-state index contributed by atoms with van der Waals surface area (Å²) >= 11 is 0. The van der Waals surface area contributed by atoms with Gasteiger partial charge in [-0.05, 0) is 32.4 Å². The Labute approximate surface area is 143 Å². The topological polar surface area (TPSA) is 61.2 Å². The van der Waals surface area contributed by atoms with Gasteiger partial charge in [0, 0.05) is 18.7 Å². The Morgan fingerprint density at radius 2 is 2.21 bits per heavy atom. The zero-order chi connectivity index (χ0) is 17.5. The van der Waals surface area contributed by atoms with E-state index in [0.29, 0.717) is 13.2 Å². The van der Waals surface area contributed by atoms with Crippen molar-refractivity contribution in [1.29, 1.82) is 0 Å². The molecule has 0 saturated heterocycles. The SMILES string of the molecule is C=C(C)COc1c(CN[C@@H](C)c2ncnn2CC)cccc1OC. The highest BCUT2D eigenvalue weighted by Gasteiger charge is 2.15. The number of ether oxygens (including phenoxy) is 2. The minimum absolute atomic E-state index is 0.0765. The number of aryl methyl sites for hydroxylation is 1. The number of nitrogens with zero attached hydrogens (tertiary/aromatic N) is 3. The van der Waals surface area contributed by atoms with Gasteiger partial charge in [0.05, 0.1) is 13.2 Å². The summed E-state index contributed by atoms with van der Waals surface area (Å²) in [5.41, 5.74) is 1.99. The van der Waals surface area contributed by atoms with Crippen LogP contribution in [0.5, 0.6) is 11.5 Å². The first-order valence-corrected chi connectivity index (χ1v) is 8.11. The van der Waals surface area contributed by atoms with E-state index in [1.54, 1.807) is 13.4 Å². The van der Waals surface area contributed by atoms with Gasteiger partial charge in [-0.2, -0.15) is 5.10 Å². The molecule has 6 nitrogen and oxygen atoms in total. The number of aromatic nitrogens is 3. The Morgan fingerprint density at radius 3 is 2.88 bits per heavy atom. The molecular weight excluding hydrogens is 304 g/mol. The molecule has 0 amide bonds. The summed E-state index contributed by atoms with van der Waals surface area (Å²) in [6.45, 7) is 11.9. The third-order valence-electron chi connectivity index (χ3n) is 3.67. The van der Waals surface area contributed by atoms with Crippen molar-refractivity contribution in [1.82, 2.24) is 20.1 Å². The molecule has 24 heavy (non-hydrogen) atoms. The summed E-state index contributed by atoms with van der Waals surface area (Å²) in [7, 11) is 1.65. The summed E-state index contributed by atoms with van der Waals surface area (Å²) in [5, 5.41) is 7.69. The fourth-order valence-electron chi connectivity index (χ4n) is 2.43. The number of hydrogen-bond donors (Lipinski definition) is 1. The lowest BCUT2D eigenvalue weighted by molar-refractivity contribution is 0.314. The van der Waals surface area contributed by atoms with Gasteiger partial charge in [0.25, 0.3) is 0 Å². The molecule has 0 radical (unpaired) electrons. The van der Waals surface area contributed by atoms with E-state index < -0.39 is 0 Å². The second-order valence-electron chi connectivity index (χ2n) is 5.73. The molecule has 0 unspecified atom stereocenters. The van der Waals surface area contributed by atoms with Crippen molar-refractivity contribution in [3.05, 3.63) is 48.1 Å². The minimum atomic E-state index is 0.0765. The first-order chi connectivity index (χ1) is 11.6. The van der Waals surface area contributed by atoms with E-state index in [4.69, 9.17) is 9.47 Å². The number of para-hydroxylation sites is 1. The average molecular weight is 330 g/mol. The molecule has 2 rings (SSSR count). The van der Waals surface area contributed by atoms with E-state index >= 15 is 0 Å². The number of hydrogen-bond acceptors (Lipinski definition) is 5. The number of rotatable bonds is 9. The smallest absolute Gasteiger partial charge is 0.166 e. The second kappa shape index (κ2) is 8.49. The van der Waals surface area contributed by atoms with E-state index in [1.807, 2.05) is 29.8 Å². The Kier molecular flexibility index (Phi) is 6.37. The standard InChI is InChI=1S/C18H26N4O2/c1-6-22-18(20-12-21-22)14(4)19-10-15-8-7-9-16(23-5)17(15)24-11-13(2)3/h7-9,12,14,19H,2,6,10-11H2,1,3-5H3/t14-/m0/s1. The molecule has 0 spiro atoms. The van der Waals surface area contributed by atoms with Crippen molar-refractivity contribution in [2.45, 2.75) is 39.9 Å². The summed E-state index contributed by atoms with van der Waals surface area (Å²) in [5.74, 6) is 2.39. The van der Waals surface area contributed by atoms with Crippen molar-refractivity contribution in [3.63, 3.8) is 0 Å². The Morgan fingerprint density at radius 1 is 1.42 bits per heavy atom. The molecule has 1 atom stereocenters. The van der Waals surface area contributed by atoms with Crippen LogP contribution in [0.2, 0.25) is 0 Å². The van der Waals surface area contributed by atoms with Crippen LogP contribution < -0.4 is 14.8 Å². The Bertz CT molecular complexity index is 681. The summed E-state index contributed by atoms with van der Waals surface area (Å²) < 4.78 is 13.2. The normalized spacial score (nSPS) is 12.0. The van der Waals surface area contributed by atoms with Crippen molar-refractivity contribution in [2.24, 2.45) is 0 Å². The fraction of sp³-hybridized carbons (Fsp3) is 0.444. The molecule has 1 N–H and O–H groups in total. The molecule has 0 aliphatic heterocycles. The van der Waals surface area contributed by atoms with Gasteiger partial charge in [-0.1, -0.05) is 18.7 Å². The molecule has 1 heterocycles. The van der Waals surface area contributed by atoms with Crippen LogP contribution in [0.25, 0.3) is 0 Å². The maximum absolute atomic E-state index is 5.89. The van der Waals surface area contributed by atoms with Crippen LogP contribution >= 0.6 is 0 Å². The van der Waals surface area contributed by atoms with Crippen molar-refractivity contribution < 1.29 is 9.47 Å². The zero-order valence-electron chi connectivity index (χ0n) is 14.9. The number of methoxy groups -OCH3 is 1. The Balaban J connectivity index is 2.12. The first kappa shape index (κ1) is 18.0. The van der Waals surface area contributed by atoms with Crippen LogP contribution in [0.1, 0.15) is 38.2 Å². The van der Waals surface area contributed by atoms with Gasteiger partial charge in [0.1, 0.15) is 18.8 Å². The van der Waals surface area contributed by atoms with Crippen LogP contribution in [0, 0.1) is 0 Å². The van der Waals surface area contributed by atoms with E-state index in [-0.39, 0.29) is 6.04 Å². The van der Waals surface area contributed by atoms with Gasteiger partial charge in [-0.3, -0.25) is 0 Å². The van der Waals surface area contributed by atoms with E-state index in [9.17, 15) is 0 Å². The quantitative estimate of drug-likeness (QED) is 0.716. The van der Waals surface area contributed by atoms with Gasteiger partial charge < -0.3 is 14.8 Å². The summed E-state index contributed by atoms with van der Waals surface area (Å²) in [6, 6.07) is 5.96. The molecule has 1 aromatic carbocycles. The molecular formula is C18H26N4O2. The van der Waals surface area contributed by atoms with Crippen LogP contribution in [0.15, 0.2) is 36.7 Å². The van der Waals surface area contributed by atoms with Crippen LogP contribution in [-0.4, -0.2) is 28.5 Å². The lowest BCUT2D eigenvalue weighted by Crippen LogP contribution is -2.22. The van der Waals surface area contributed by atoms with Gasteiger partial charge in [0.15, 0.2) is 11.5 Å². The highest BCUT2D eigenvalue weighted by atomic mass is 16.5. The minimum Gasteiger partial charge on any atom is -0.493 e.